The molecule has 1 aromatic carbocycles. The Kier molecular flexibility index (Phi) is 5.48. The fraction of sp³-hybridized carbons (Fsp3) is 0.562. The van der Waals surface area contributed by atoms with Crippen LogP contribution in [0.5, 0.6) is 0 Å². The number of benzene rings is 1. The van der Waals surface area contributed by atoms with Crippen molar-refractivity contribution >= 4 is 29.9 Å². The van der Waals surface area contributed by atoms with Gasteiger partial charge in [-0.1, -0.05) is 24.3 Å². The Morgan fingerprint density at radius 1 is 1.24 bits per heavy atom. The zero-order valence-electron chi connectivity index (χ0n) is 12.3. The molecule has 3 rings (SSSR count). The van der Waals surface area contributed by atoms with Gasteiger partial charge in [0.15, 0.2) is 5.96 Å². The lowest BCUT2D eigenvalue weighted by Gasteiger charge is -2.29. The Hall–Kier alpha value is -0.820. The first-order valence-electron chi connectivity index (χ1n) is 7.55. The van der Waals surface area contributed by atoms with E-state index < -0.39 is 5.60 Å². The topological polar surface area (TPSA) is 61.9 Å². The van der Waals surface area contributed by atoms with Crippen molar-refractivity contribution in [2.45, 2.75) is 37.7 Å². The summed E-state index contributed by atoms with van der Waals surface area (Å²) in [6.45, 7) is 2.35. The number of hydrogen-bond acceptors (Lipinski definition) is 2. The molecule has 1 saturated heterocycles. The molecule has 1 aliphatic heterocycles. The summed E-state index contributed by atoms with van der Waals surface area (Å²) in [5.41, 5.74) is 7.49. The highest BCUT2D eigenvalue weighted by Crippen LogP contribution is 2.36. The zero-order valence-corrected chi connectivity index (χ0v) is 14.6. The highest BCUT2D eigenvalue weighted by molar-refractivity contribution is 14.0. The van der Waals surface area contributed by atoms with Gasteiger partial charge in [-0.25, -0.2) is 4.99 Å². The van der Waals surface area contributed by atoms with Crippen LogP contribution >= 0.6 is 24.0 Å². The molecule has 0 amide bonds. The third-order valence-electron chi connectivity index (χ3n) is 4.51. The van der Waals surface area contributed by atoms with Crippen LogP contribution in [0.15, 0.2) is 29.3 Å². The Labute approximate surface area is 143 Å². The van der Waals surface area contributed by atoms with E-state index >= 15 is 0 Å². The van der Waals surface area contributed by atoms with E-state index in [0.717, 1.165) is 31.5 Å². The van der Waals surface area contributed by atoms with Crippen molar-refractivity contribution in [1.82, 2.24) is 4.90 Å². The first-order valence-corrected chi connectivity index (χ1v) is 7.55. The second kappa shape index (κ2) is 6.96. The minimum Gasteiger partial charge on any atom is -0.383 e. The van der Waals surface area contributed by atoms with Crippen molar-refractivity contribution < 1.29 is 5.11 Å². The number of nitrogens with zero attached hydrogens (tertiary/aromatic N) is 2. The summed E-state index contributed by atoms with van der Waals surface area (Å²) in [5.74, 6) is 0.586. The number of fused-ring (bicyclic) bond motifs is 1. The van der Waals surface area contributed by atoms with Gasteiger partial charge >= 0.3 is 0 Å². The first kappa shape index (κ1) is 16.5. The van der Waals surface area contributed by atoms with Crippen molar-refractivity contribution in [3.8, 4) is 0 Å². The van der Waals surface area contributed by atoms with Crippen LogP contribution < -0.4 is 5.73 Å². The molecule has 0 aromatic heterocycles. The van der Waals surface area contributed by atoms with Gasteiger partial charge in [-0.15, -0.1) is 24.0 Å². The number of aryl methyl sites for hydroxylation is 1. The maximum Gasteiger partial charge on any atom is 0.191 e. The van der Waals surface area contributed by atoms with Crippen LogP contribution in [-0.4, -0.2) is 35.6 Å². The molecular formula is C16H24IN3O. The quantitative estimate of drug-likeness (QED) is 0.454. The molecule has 0 spiro atoms. The van der Waals surface area contributed by atoms with Crippen LogP contribution in [0.25, 0.3) is 0 Å². The lowest BCUT2D eigenvalue weighted by molar-refractivity contribution is 0.0483. The van der Waals surface area contributed by atoms with E-state index in [9.17, 15) is 5.11 Å². The van der Waals surface area contributed by atoms with Crippen molar-refractivity contribution in [3.63, 3.8) is 0 Å². The normalized spacial score (nSPS) is 25.4. The Balaban J connectivity index is 0.00000161. The number of nitrogens with two attached hydrogens (primary N) is 1. The third-order valence-corrected chi connectivity index (χ3v) is 4.51. The van der Waals surface area contributed by atoms with Gasteiger partial charge < -0.3 is 15.7 Å². The summed E-state index contributed by atoms with van der Waals surface area (Å²) in [6.07, 6.45) is 5.31. The maximum absolute atomic E-state index is 10.8. The number of hydrogen-bond donors (Lipinski definition) is 2. The minimum atomic E-state index is -0.836. The first-order chi connectivity index (χ1) is 9.69. The number of halogens is 1. The second-order valence-electron chi connectivity index (χ2n) is 5.91. The monoisotopic (exact) mass is 401 g/mol. The summed E-state index contributed by atoms with van der Waals surface area (Å²) in [4.78, 5) is 6.60. The van der Waals surface area contributed by atoms with Gasteiger partial charge in [-0.3, -0.25) is 0 Å². The van der Waals surface area contributed by atoms with Crippen LogP contribution in [0.2, 0.25) is 0 Å². The molecule has 1 fully saturated rings. The summed E-state index contributed by atoms with van der Waals surface area (Å²) in [7, 11) is 0. The number of aliphatic imine (C=N–C) groups is 1. The number of piperidine rings is 1. The van der Waals surface area contributed by atoms with Crippen molar-refractivity contribution in [3.05, 3.63) is 35.4 Å². The average molecular weight is 401 g/mol. The van der Waals surface area contributed by atoms with Gasteiger partial charge in [-0.2, -0.15) is 0 Å². The SMILES string of the molecule is I.NC(=NCC1(O)CCc2ccccc21)N1CCCCC1. The van der Waals surface area contributed by atoms with E-state index in [1.54, 1.807) is 0 Å². The molecule has 1 unspecified atom stereocenters. The van der Waals surface area contributed by atoms with Crippen molar-refractivity contribution in [1.29, 1.82) is 0 Å². The second-order valence-corrected chi connectivity index (χ2v) is 5.91. The summed E-state index contributed by atoms with van der Waals surface area (Å²) >= 11 is 0. The molecule has 3 N–H and O–H groups in total. The molecule has 1 atom stereocenters. The van der Waals surface area contributed by atoms with Gasteiger partial charge in [0, 0.05) is 13.1 Å². The van der Waals surface area contributed by atoms with E-state index in [-0.39, 0.29) is 24.0 Å². The molecule has 5 heteroatoms. The van der Waals surface area contributed by atoms with Crippen molar-refractivity contribution in [2.24, 2.45) is 10.7 Å². The summed E-state index contributed by atoms with van der Waals surface area (Å²) in [5, 5.41) is 10.8. The Morgan fingerprint density at radius 3 is 2.71 bits per heavy atom. The van der Waals surface area contributed by atoms with Crippen LogP contribution in [0.4, 0.5) is 0 Å². The van der Waals surface area contributed by atoms with Crippen LogP contribution in [0, 0.1) is 0 Å². The summed E-state index contributed by atoms with van der Waals surface area (Å²) in [6, 6.07) is 8.10. The molecule has 4 nitrogen and oxygen atoms in total. The molecule has 0 radical (unpaired) electrons. The smallest absolute Gasteiger partial charge is 0.191 e. The molecule has 116 valence electrons. The van der Waals surface area contributed by atoms with E-state index in [4.69, 9.17) is 5.73 Å². The molecule has 2 aliphatic rings. The van der Waals surface area contributed by atoms with Crippen molar-refractivity contribution in [2.75, 3.05) is 19.6 Å². The molecule has 1 aromatic rings. The fourth-order valence-corrected chi connectivity index (χ4v) is 3.27. The van der Waals surface area contributed by atoms with E-state index in [0.29, 0.717) is 12.5 Å². The lowest BCUT2D eigenvalue weighted by Crippen LogP contribution is -2.41. The van der Waals surface area contributed by atoms with Crippen LogP contribution in [-0.2, 0) is 12.0 Å². The van der Waals surface area contributed by atoms with Gasteiger partial charge in [0.25, 0.3) is 0 Å². The van der Waals surface area contributed by atoms with Gasteiger partial charge in [0.05, 0.1) is 6.54 Å². The number of likely N-dealkylation sites (tertiary alicyclic amines) is 1. The minimum absolute atomic E-state index is 0. The third kappa shape index (κ3) is 3.51. The standard InChI is InChI=1S/C16H23N3O.HI/c17-15(19-10-4-1-5-11-19)18-12-16(20)9-8-13-6-2-3-7-14(13)16;/h2-3,6-7,20H,1,4-5,8-12H2,(H2,17,18);1H. The predicted octanol–water partition coefficient (Wildman–Crippen LogP) is 2.24. The molecule has 1 heterocycles. The van der Waals surface area contributed by atoms with Crippen LogP contribution in [0.3, 0.4) is 0 Å². The average Bonchev–Trinajstić information content (AvgIpc) is 2.84. The van der Waals surface area contributed by atoms with Gasteiger partial charge in [0.2, 0.25) is 0 Å². The number of rotatable bonds is 2. The Morgan fingerprint density at radius 2 is 1.95 bits per heavy atom. The molecular weight excluding hydrogens is 377 g/mol. The number of aliphatic hydroxyl groups is 1. The highest BCUT2D eigenvalue weighted by atomic mass is 127. The lowest BCUT2D eigenvalue weighted by atomic mass is 9.96. The fourth-order valence-electron chi connectivity index (χ4n) is 3.27. The van der Waals surface area contributed by atoms with Crippen LogP contribution in [0.1, 0.15) is 36.8 Å². The Bertz CT molecular complexity index is 514. The van der Waals surface area contributed by atoms with Gasteiger partial charge in [-0.05, 0) is 43.2 Å². The maximum atomic E-state index is 10.8. The predicted molar refractivity (Wildman–Crippen MR) is 96.0 cm³/mol. The molecule has 21 heavy (non-hydrogen) atoms. The zero-order chi connectivity index (χ0) is 14.0. The van der Waals surface area contributed by atoms with Gasteiger partial charge in [0.1, 0.15) is 5.60 Å². The molecule has 0 saturated carbocycles. The summed E-state index contributed by atoms with van der Waals surface area (Å²) < 4.78 is 0. The van der Waals surface area contributed by atoms with E-state index in [2.05, 4.69) is 16.0 Å². The molecule has 0 bridgehead atoms. The number of guanidine groups is 1. The van der Waals surface area contributed by atoms with E-state index in [1.165, 1.54) is 24.8 Å². The van der Waals surface area contributed by atoms with E-state index in [1.807, 2.05) is 18.2 Å². The highest BCUT2D eigenvalue weighted by Gasteiger charge is 2.36. The largest absolute Gasteiger partial charge is 0.383 e. The molecule has 1 aliphatic carbocycles.